The maximum atomic E-state index is 13.1. The molecule has 0 atom stereocenters. The number of carbonyl (C=O) groups is 1. The molecule has 1 fully saturated rings. The van der Waals surface area contributed by atoms with Gasteiger partial charge in [-0.15, -0.1) is 0 Å². The highest BCUT2D eigenvalue weighted by Crippen LogP contribution is 2.39. The van der Waals surface area contributed by atoms with Gasteiger partial charge < -0.3 is 20.7 Å². The van der Waals surface area contributed by atoms with Crippen LogP contribution in [0.25, 0.3) is 5.57 Å². The molecule has 32 heavy (non-hydrogen) atoms. The average molecular weight is 459 g/mol. The second-order valence-corrected chi connectivity index (χ2v) is 9.69. The molecule has 0 radical (unpaired) electrons. The van der Waals surface area contributed by atoms with Crippen LogP contribution in [0.2, 0.25) is 0 Å². The van der Waals surface area contributed by atoms with Gasteiger partial charge in [0.1, 0.15) is 0 Å². The van der Waals surface area contributed by atoms with Crippen LogP contribution in [0.5, 0.6) is 0 Å². The van der Waals surface area contributed by atoms with Crippen LogP contribution in [0.1, 0.15) is 25.2 Å². The minimum atomic E-state index is -3.60. The fourth-order valence-corrected chi connectivity index (χ4v) is 5.69. The molecule has 3 heterocycles. The molecule has 1 aromatic heterocycles. The topological polar surface area (TPSA) is 131 Å². The van der Waals surface area contributed by atoms with Gasteiger partial charge in [-0.2, -0.15) is 4.31 Å². The predicted molar refractivity (Wildman–Crippen MR) is 120 cm³/mol. The standard InChI is InChI=1S/C21H26N6O4S/c1-14(2)27-13-15-10-17(25-21(28)16(12-22)20-23-4-3-5-24-20)18(11-19(15)32(27,29)30)26-6-8-31-9-7-26/h3-5,10-12,14H,6-9,13,22H2,1-2H3,(H,25,28)/b16-12+. The highest BCUT2D eigenvalue weighted by atomic mass is 32.2. The van der Waals surface area contributed by atoms with E-state index in [1.54, 1.807) is 18.2 Å². The monoisotopic (exact) mass is 458 g/mol. The second-order valence-electron chi connectivity index (χ2n) is 7.83. The third-order valence-corrected chi connectivity index (χ3v) is 7.59. The molecular weight excluding hydrogens is 432 g/mol. The van der Waals surface area contributed by atoms with Crippen molar-refractivity contribution in [2.45, 2.75) is 31.3 Å². The summed E-state index contributed by atoms with van der Waals surface area (Å²) >= 11 is 0. The number of nitrogens with zero attached hydrogens (tertiary/aromatic N) is 4. The number of rotatable bonds is 5. The molecule has 2 aliphatic rings. The molecule has 170 valence electrons. The molecule has 3 N–H and O–H groups in total. The number of carbonyl (C=O) groups excluding carboxylic acids is 1. The van der Waals surface area contributed by atoms with Crippen LogP contribution in [0, 0.1) is 0 Å². The van der Waals surface area contributed by atoms with Gasteiger partial charge in [0, 0.05) is 44.3 Å². The number of hydrogen-bond donors (Lipinski definition) is 2. The SMILES string of the molecule is CC(C)N1Cc2cc(NC(=O)/C(=C/N)c3ncccn3)c(N3CCOCC3)cc2S1(=O)=O. The van der Waals surface area contributed by atoms with Crippen LogP contribution in [-0.2, 0) is 26.1 Å². The predicted octanol–water partition coefficient (Wildman–Crippen LogP) is 1.16. The van der Waals surface area contributed by atoms with Crippen molar-refractivity contribution in [2.24, 2.45) is 5.73 Å². The Morgan fingerprint density at radius 1 is 1.22 bits per heavy atom. The zero-order valence-corrected chi connectivity index (χ0v) is 18.8. The van der Waals surface area contributed by atoms with Crippen LogP contribution in [0.3, 0.4) is 0 Å². The number of aromatic nitrogens is 2. The molecule has 2 aromatic rings. The number of benzene rings is 1. The first-order valence-electron chi connectivity index (χ1n) is 10.3. The Labute approximate surface area is 187 Å². The van der Waals surface area contributed by atoms with Gasteiger partial charge in [-0.25, -0.2) is 18.4 Å². The fourth-order valence-electron chi connectivity index (χ4n) is 3.86. The Bertz CT molecular complexity index is 1140. The zero-order chi connectivity index (χ0) is 22.9. The summed E-state index contributed by atoms with van der Waals surface area (Å²) in [6.45, 7) is 6.12. The quantitative estimate of drug-likeness (QED) is 0.639. The van der Waals surface area contributed by atoms with E-state index in [9.17, 15) is 13.2 Å². The van der Waals surface area contributed by atoms with E-state index in [4.69, 9.17) is 10.5 Å². The molecule has 1 aromatic carbocycles. The molecule has 10 nitrogen and oxygen atoms in total. The Kier molecular flexibility index (Phi) is 6.13. The summed E-state index contributed by atoms with van der Waals surface area (Å²) in [5.41, 5.74) is 7.59. The third-order valence-electron chi connectivity index (χ3n) is 5.49. The van der Waals surface area contributed by atoms with E-state index < -0.39 is 15.9 Å². The lowest BCUT2D eigenvalue weighted by Gasteiger charge is -2.31. The normalized spacial score (nSPS) is 18.6. The smallest absolute Gasteiger partial charge is 0.261 e. The number of amides is 1. The second kappa shape index (κ2) is 8.85. The lowest BCUT2D eigenvalue weighted by atomic mass is 10.1. The van der Waals surface area contributed by atoms with Crippen LogP contribution in [-0.4, -0.2) is 60.9 Å². The minimum Gasteiger partial charge on any atom is -0.404 e. The molecule has 2 aliphatic heterocycles. The van der Waals surface area contributed by atoms with Crippen molar-refractivity contribution in [1.82, 2.24) is 14.3 Å². The third kappa shape index (κ3) is 4.06. The van der Waals surface area contributed by atoms with Crippen molar-refractivity contribution in [3.05, 3.63) is 48.2 Å². The molecule has 11 heteroatoms. The maximum absolute atomic E-state index is 13.1. The van der Waals surface area contributed by atoms with Crippen LogP contribution in [0.15, 0.2) is 41.7 Å². The Hall–Kier alpha value is -3.02. The highest BCUT2D eigenvalue weighted by molar-refractivity contribution is 7.89. The number of sulfonamides is 1. The number of anilines is 2. The van der Waals surface area contributed by atoms with E-state index >= 15 is 0 Å². The molecule has 0 spiro atoms. The molecule has 1 saturated heterocycles. The van der Waals surface area contributed by atoms with Crippen LogP contribution < -0.4 is 16.0 Å². The van der Waals surface area contributed by atoms with Crippen LogP contribution in [0.4, 0.5) is 11.4 Å². The average Bonchev–Trinajstić information content (AvgIpc) is 3.05. The zero-order valence-electron chi connectivity index (χ0n) is 18.0. The number of nitrogens with two attached hydrogens (primary N) is 1. The largest absolute Gasteiger partial charge is 0.404 e. The van der Waals surface area contributed by atoms with E-state index in [2.05, 4.69) is 15.3 Å². The number of morpholine rings is 1. The lowest BCUT2D eigenvalue weighted by Crippen LogP contribution is -2.37. The van der Waals surface area contributed by atoms with E-state index in [1.165, 1.54) is 16.7 Å². The maximum Gasteiger partial charge on any atom is 0.261 e. The molecule has 0 saturated carbocycles. The first kappa shape index (κ1) is 22.2. The van der Waals surface area contributed by atoms with Gasteiger partial charge >= 0.3 is 0 Å². The van der Waals surface area contributed by atoms with Crippen molar-refractivity contribution < 1.29 is 17.9 Å². The first-order chi connectivity index (χ1) is 15.3. The number of nitrogens with one attached hydrogen (secondary N) is 1. The van der Waals surface area contributed by atoms with Crippen molar-refractivity contribution in [2.75, 3.05) is 36.5 Å². The van der Waals surface area contributed by atoms with Gasteiger partial charge in [0.15, 0.2) is 5.82 Å². The molecular formula is C21H26N6O4S. The van der Waals surface area contributed by atoms with Gasteiger partial charge in [-0.1, -0.05) is 0 Å². The van der Waals surface area contributed by atoms with Crippen molar-refractivity contribution >= 4 is 32.9 Å². The molecule has 4 rings (SSSR count). The molecule has 1 amide bonds. The summed E-state index contributed by atoms with van der Waals surface area (Å²) in [5.74, 6) is -0.273. The number of ether oxygens (including phenoxy) is 1. The fraction of sp³-hybridized carbons (Fsp3) is 0.381. The minimum absolute atomic E-state index is 0.121. The van der Waals surface area contributed by atoms with Gasteiger partial charge in [-0.3, -0.25) is 4.79 Å². The van der Waals surface area contributed by atoms with Gasteiger partial charge in [0.25, 0.3) is 5.91 Å². The Morgan fingerprint density at radius 2 is 1.91 bits per heavy atom. The highest BCUT2D eigenvalue weighted by Gasteiger charge is 2.38. The van der Waals surface area contributed by atoms with Gasteiger partial charge in [0.05, 0.1) is 35.1 Å². The van der Waals surface area contributed by atoms with Crippen molar-refractivity contribution in [3.8, 4) is 0 Å². The summed E-state index contributed by atoms with van der Waals surface area (Å²) in [6.07, 6.45) is 4.22. The van der Waals surface area contributed by atoms with Crippen molar-refractivity contribution in [1.29, 1.82) is 0 Å². The molecule has 0 unspecified atom stereocenters. The number of hydrogen-bond acceptors (Lipinski definition) is 8. The van der Waals surface area contributed by atoms with E-state index in [-0.39, 0.29) is 28.9 Å². The molecule has 0 aliphatic carbocycles. The summed E-state index contributed by atoms with van der Waals surface area (Å²) in [4.78, 5) is 23.5. The summed E-state index contributed by atoms with van der Waals surface area (Å²) < 4.78 is 33.1. The summed E-state index contributed by atoms with van der Waals surface area (Å²) in [7, 11) is -3.60. The van der Waals surface area contributed by atoms with E-state index in [1.807, 2.05) is 18.7 Å². The van der Waals surface area contributed by atoms with Gasteiger partial charge in [0.2, 0.25) is 10.0 Å². The summed E-state index contributed by atoms with van der Waals surface area (Å²) in [5, 5.41) is 2.90. The van der Waals surface area contributed by atoms with Crippen molar-refractivity contribution in [3.63, 3.8) is 0 Å². The Balaban J connectivity index is 1.74. The summed E-state index contributed by atoms with van der Waals surface area (Å²) in [6, 6.07) is 4.85. The van der Waals surface area contributed by atoms with E-state index in [0.717, 1.165) is 6.20 Å². The van der Waals surface area contributed by atoms with Gasteiger partial charge in [-0.05, 0) is 37.6 Å². The first-order valence-corrected chi connectivity index (χ1v) is 11.8. The van der Waals surface area contributed by atoms with Crippen LogP contribution >= 0.6 is 0 Å². The Morgan fingerprint density at radius 3 is 2.53 bits per heavy atom. The lowest BCUT2D eigenvalue weighted by molar-refractivity contribution is -0.111. The van der Waals surface area contributed by atoms with E-state index in [0.29, 0.717) is 43.2 Å². The number of fused-ring (bicyclic) bond motifs is 1. The molecule has 0 bridgehead atoms.